The topological polar surface area (TPSA) is 105 Å². The molecule has 0 radical (unpaired) electrons. The summed E-state index contributed by atoms with van der Waals surface area (Å²) in [5.74, 6) is -0.298. The molecule has 3 aliphatic heterocycles. The third-order valence-electron chi connectivity index (χ3n) is 9.16. The highest BCUT2D eigenvalue weighted by Gasteiger charge is 2.33. The van der Waals surface area contributed by atoms with Gasteiger partial charge in [-0.25, -0.2) is 9.18 Å². The highest BCUT2D eigenvalue weighted by atomic mass is 19.1. The number of alkyl carbamates (subject to hydrolysis) is 1. The van der Waals surface area contributed by atoms with E-state index in [1.807, 2.05) is 36.4 Å². The van der Waals surface area contributed by atoms with Crippen LogP contribution in [0.2, 0.25) is 0 Å². The molecule has 0 spiro atoms. The van der Waals surface area contributed by atoms with E-state index >= 15 is 4.39 Å². The number of hydrogen-bond donors (Lipinski definition) is 2. The molecule has 4 aromatic rings. The molecule has 1 unspecified atom stereocenters. The second-order valence-corrected chi connectivity index (χ2v) is 13.7. The zero-order chi connectivity index (χ0) is 32.9. The minimum absolute atomic E-state index is 0.00626. The van der Waals surface area contributed by atoms with Gasteiger partial charge in [-0.1, -0.05) is 24.3 Å². The minimum atomic E-state index is -0.611. The number of hydrogen-bond acceptors (Lipinski definition) is 7. The van der Waals surface area contributed by atoms with Gasteiger partial charge in [0.05, 0.1) is 11.1 Å². The number of aromatic nitrogens is 1. The molecular formula is C36H40FN5O5. The van der Waals surface area contributed by atoms with Crippen LogP contribution in [0.15, 0.2) is 53.5 Å². The summed E-state index contributed by atoms with van der Waals surface area (Å²) in [6.07, 6.45) is 4.06. The van der Waals surface area contributed by atoms with E-state index < -0.39 is 28.8 Å². The van der Waals surface area contributed by atoms with E-state index in [4.69, 9.17) is 9.47 Å². The first-order valence-corrected chi connectivity index (χ1v) is 16.4. The van der Waals surface area contributed by atoms with E-state index in [0.29, 0.717) is 49.6 Å². The van der Waals surface area contributed by atoms with Crippen molar-refractivity contribution < 1.29 is 23.5 Å². The summed E-state index contributed by atoms with van der Waals surface area (Å²) in [6, 6.07) is 12.9. The first-order chi connectivity index (χ1) is 22.6. The Balaban J connectivity index is 1.24. The monoisotopic (exact) mass is 641 g/mol. The van der Waals surface area contributed by atoms with Gasteiger partial charge in [-0.2, -0.15) is 0 Å². The van der Waals surface area contributed by atoms with Crippen molar-refractivity contribution in [3.8, 4) is 17.2 Å². The summed E-state index contributed by atoms with van der Waals surface area (Å²) in [4.78, 5) is 44.1. The Labute approximate surface area is 272 Å². The summed E-state index contributed by atoms with van der Waals surface area (Å²) >= 11 is 0. The minimum Gasteiger partial charge on any atom is -0.451 e. The van der Waals surface area contributed by atoms with Gasteiger partial charge < -0.3 is 34.5 Å². The summed E-state index contributed by atoms with van der Waals surface area (Å²) in [7, 11) is 0. The van der Waals surface area contributed by atoms with Gasteiger partial charge in [-0.05, 0) is 88.0 Å². The predicted molar refractivity (Wildman–Crippen MR) is 179 cm³/mol. The van der Waals surface area contributed by atoms with Crippen molar-refractivity contribution in [2.75, 3.05) is 51.1 Å². The van der Waals surface area contributed by atoms with Crippen molar-refractivity contribution >= 4 is 39.4 Å². The molecule has 10 nitrogen and oxygen atoms in total. The van der Waals surface area contributed by atoms with Gasteiger partial charge in [0, 0.05) is 38.9 Å². The number of fused-ring (bicyclic) bond motifs is 3. The van der Waals surface area contributed by atoms with Crippen molar-refractivity contribution in [2.24, 2.45) is 5.92 Å². The molecule has 3 aromatic carbocycles. The lowest BCUT2D eigenvalue weighted by atomic mass is 10.0. The van der Waals surface area contributed by atoms with Crippen molar-refractivity contribution in [2.45, 2.75) is 45.6 Å². The van der Waals surface area contributed by atoms with Crippen molar-refractivity contribution in [1.82, 2.24) is 19.7 Å². The number of halogens is 1. The number of carbonyl (C=O) groups excluding carboxylic acids is 2. The number of anilines is 1. The molecule has 47 heavy (non-hydrogen) atoms. The van der Waals surface area contributed by atoms with Crippen LogP contribution in [0.1, 0.15) is 50.4 Å². The van der Waals surface area contributed by atoms with Crippen LogP contribution in [-0.4, -0.2) is 77.8 Å². The number of ether oxygens (including phenoxy) is 2. The normalized spacial score (nSPS) is 17.5. The molecule has 2 saturated heterocycles. The Hall–Kier alpha value is -4.64. The summed E-state index contributed by atoms with van der Waals surface area (Å²) < 4.78 is 29.5. The molecule has 2 amide bonds. The second-order valence-electron chi connectivity index (χ2n) is 13.7. The maximum absolute atomic E-state index is 15.9. The predicted octanol–water partition coefficient (Wildman–Crippen LogP) is 5.88. The van der Waals surface area contributed by atoms with Gasteiger partial charge >= 0.3 is 6.09 Å². The van der Waals surface area contributed by atoms with Gasteiger partial charge in [-0.3, -0.25) is 9.59 Å². The molecule has 2 fully saturated rings. The molecule has 2 N–H and O–H groups in total. The molecule has 1 aromatic heterocycles. The maximum atomic E-state index is 15.9. The highest BCUT2D eigenvalue weighted by molar-refractivity contribution is 6.02. The maximum Gasteiger partial charge on any atom is 0.407 e. The van der Waals surface area contributed by atoms with Crippen LogP contribution in [0, 0.1) is 11.7 Å². The van der Waals surface area contributed by atoms with E-state index in [9.17, 15) is 14.4 Å². The molecule has 7 rings (SSSR count). The zero-order valence-corrected chi connectivity index (χ0v) is 27.0. The number of likely N-dealkylation sites (tertiary alicyclic amines) is 2. The van der Waals surface area contributed by atoms with Crippen LogP contribution in [-0.2, 0) is 4.74 Å². The Morgan fingerprint density at radius 1 is 1.06 bits per heavy atom. The molecular weight excluding hydrogens is 601 g/mol. The van der Waals surface area contributed by atoms with Crippen LogP contribution in [0.25, 0.3) is 27.4 Å². The third kappa shape index (κ3) is 6.12. The summed E-state index contributed by atoms with van der Waals surface area (Å²) in [5, 5.41) is 8.03. The summed E-state index contributed by atoms with van der Waals surface area (Å²) in [5.41, 5.74) is 0.0705. The van der Waals surface area contributed by atoms with Crippen LogP contribution in [0.5, 0.6) is 11.5 Å². The van der Waals surface area contributed by atoms with E-state index in [2.05, 4.69) is 15.5 Å². The quantitative estimate of drug-likeness (QED) is 0.229. The Bertz CT molecular complexity index is 1940. The second kappa shape index (κ2) is 12.2. The lowest BCUT2D eigenvalue weighted by Gasteiger charge is -2.27. The lowest BCUT2D eigenvalue weighted by Crippen LogP contribution is -2.37. The average molecular weight is 642 g/mol. The SMILES string of the molecule is CC(C)(C)OC(=O)NCC1CCN(C(=O)c2cn3c4c(c(NCCN5CCCC5)c(F)cc4c2=O)Oc2cc4ccccc4cc2-3)C1. The Kier molecular flexibility index (Phi) is 8.03. The Morgan fingerprint density at radius 2 is 1.81 bits per heavy atom. The first-order valence-electron chi connectivity index (χ1n) is 16.4. The number of nitrogens with one attached hydrogen (secondary N) is 2. The number of benzene rings is 3. The number of carbonyl (C=O) groups is 2. The van der Waals surface area contributed by atoms with Crippen LogP contribution < -0.4 is 20.8 Å². The fourth-order valence-electron chi connectivity index (χ4n) is 6.86. The van der Waals surface area contributed by atoms with E-state index in [0.717, 1.165) is 43.2 Å². The molecule has 0 saturated carbocycles. The van der Waals surface area contributed by atoms with Gasteiger partial charge in [0.1, 0.15) is 22.4 Å². The number of rotatable bonds is 7. The molecule has 246 valence electrons. The summed E-state index contributed by atoms with van der Waals surface area (Å²) in [6.45, 7) is 9.88. The molecule has 3 aliphatic rings. The molecule has 0 bridgehead atoms. The van der Waals surface area contributed by atoms with Gasteiger partial charge in [0.15, 0.2) is 17.3 Å². The largest absolute Gasteiger partial charge is 0.451 e. The molecule has 4 heterocycles. The van der Waals surface area contributed by atoms with E-state index in [1.54, 1.807) is 36.4 Å². The van der Waals surface area contributed by atoms with Crippen LogP contribution in [0.3, 0.4) is 0 Å². The highest BCUT2D eigenvalue weighted by Crippen LogP contribution is 2.46. The zero-order valence-electron chi connectivity index (χ0n) is 27.0. The van der Waals surface area contributed by atoms with Crippen molar-refractivity contribution in [3.63, 3.8) is 0 Å². The van der Waals surface area contributed by atoms with Crippen molar-refractivity contribution in [1.29, 1.82) is 0 Å². The standard InChI is InChI=1S/C36H40FN5O5/c1-36(2,3)47-35(45)39-19-22-10-14-41(20-22)34(44)26-21-42-28-16-23-8-4-5-9-24(23)17-29(28)46-33-30(38-11-15-40-12-6-7-13-40)27(37)18-25(31(33)42)32(26)43/h4-5,8-9,16-18,21-22,38H,6-7,10-15,19-20H2,1-3H3,(H,39,45). The number of amides is 2. The van der Waals surface area contributed by atoms with Gasteiger partial charge in [-0.15, -0.1) is 0 Å². The van der Waals surface area contributed by atoms with Crippen LogP contribution >= 0.6 is 0 Å². The number of nitrogens with zero attached hydrogens (tertiary/aromatic N) is 3. The fourth-order valence-corrected chi connectivity index (χ4v) is 6.86. The number of pyridine rings is 1. The smallest absolute Gasteiger partial charge is 0.407 e. The molecule has 0 aliphatic carbocycles. The third-order valence-corrected chi connectivity index (χ3v) is 9.16. The fraction of sp³-hybridized carbons (Fsp3) is 0.417. The van der Waals surface area contributed by atoms with Crippen LogP contribution in [0.4, 0.5) is 14.9 Å². The van der Waals surface area contributed by atoms with Gasteiger partial charge in [0.25, 0.3) is 5.91 Å². The van der Waals surface area contributed by atoms with Gasteiger partial charge in [0.2, 0.25) is 5.43 Å². The van der Waals surface area contributed by atoms with E-state index in [1.165, 1.54) is 6.07 Å². The first kappa shape index (κ1) is 31.0. The lowest BCUT2D eigenvalue weighted by molar-refractivity contribution is 0.0520. The van der Waals surface area contributed by atoms with Crippen molar-refractivity contribution in [3.05, 3.63) is 70.3 Å². The van der Waals surface area contributed by atoms with E-state index in [-0.39, 0.29) is 28.3 Å². The Morgan fingerprint density at radius 3 is 2.55 bits per heavy atom. The molecule has 1 atom stereocenters. The molecule has 11 heteroatoms. The average Bonchev–Trinajstić information content (AvgIpc) is 3.73.